The van der Waals surface area contributed by atoms with Crippen LogP contribution in [0.3, 0.4) is 0 Å². The Morgan fingerprint density at radius 3 is 1.97 bits per heavy atom. The molecule has 2 aliphatic heterocycles. The van der Waals surface area contributed by atoms with E-state index < -0.39 is 74.6 Å². The summed E-state index contributed by atoms with van der Waals surface area (Å²) in [5.41, 5.74) is 0. The van der Waals surface area contributed by atoms with E-state index in [9.17, 15) is 35.7 Å². The van der Waals surface area contributed by atoms with Crippen molar-refractivity contribution >= 4 is 0 Å². The summed E-state index contributed by atoms with van der Waals surface area (Å²) in [6.45, 7) is -0.889. The van der Waals surface area contributed by atoms with Crippen molar-refractivity contribution in [1.29, 1.82) is 0 Å². The van der Waals surface area contributed by atoms with Gasteiger partial charge in [0.2, 0.25) is 0 Å². The Labute approximate surface area is 200 Å². The number of aliphatic hydroxyl groups excluding tert-OH is 7. The maximum Gasteiger partial charge on any atom is 0.187 e. The fraction of sp³-hybridized carbons (Fsp3) is 1.00. The van der Waals surface area contributed by atoms with Crippen LogP contribution < -0.4 is 0 Å². The molecular weight excluding hydrogens is 452 g/mol. The highest BCUT2D eigenvalue weighted by molar-refractivity contribution is 4.94. The molecule has 7 N–H and O–H groups in total. The van der Waals surface area contributed by atoms with Crippen LogP contribution in [0.1, 0.15) is 57.8 Å². The lowest BCUT2D eigenvalue weighted by molar-refractivity contribution is -0.359. The second kappa shape index (κ2) is 13.8. The molecule has 34 heavy (non-hydrogen) atoms. The van der Waals surface area contributed by atoms with Gasteiger partial charge in [0, 0.05) is 6.61 Å². The highest BCUT2D eigenvalue weighted by Crippen LogP contribution is 2.30. The van der Waals surface area contributed by atoms with Crippen LogP contribution in [0.5, 0.6) is 0 Å². The average molecular weight is 495 g/mol. The minimum Gasteiger partial charge on any atom is -0.394 e. The van der Waals surface area contributed by atoms with E-state index in [-0.39, 0.29) is 0 Å². The zero-order valence-electron chi connectivity index (χ0n) is 19.6. The van der Waals surface area contributed by atoms with Gasteiger partial charge in [-0.25, -0.2) is 0 Å². The average Bonchev–Trinajstić information content (AvgIpc) is 2.85. The number of hydrogen-bond donors (Lipinski definition) is 7. The van der Waals surface area contributed by atoms with E-state index in [0.717, 1.165) is 25.2 Å². The normalized spacial score (nSPS) is 42.1. The maximum absolute atomic E-state index is 10.6. The number of hydrogen-bond acceptors (Lipinski definition) is 11. The summed E-state index contributed by atoms with van der Waals surface area (Å²) in [6, 6.07) is 0. The number of rotatable bonds is 11. The van der Waals surface area contributed by atoms with Gasteiger partial charge in [-0.2, -0.15) is 0 Å². The van der Waals surface area contributed by atoms with E-state index in [1.54, 1.807) is 0 Å². The van der Waals surface area contributed by atoms with Crippen molar-refractivity contribution in [1.82, 2.24) is 0 Å². The third-order valence-electron chi connectivity index (χ3n) is 7.22. The number of ether oxygens (including phenoxy) is 4. The second-order valence-corrected chi connectivity index (χ2v) is 9.73. The third-order valence-corrected chi connectivity index (χ3v) is 7.22. The number of unbranched alkanes of at least 4 members (excludes halogenated alkanes) is 2. The first-order chi connectivity index (χ1) is 16.4. The fourth-order valence-electron chi connectivity index (χ4n) is 5.08. The molecule has 11 nitrogen and oxygen atoms in total. The summed E-state index contributed by atoms with van der Waals surface area (Å²) in [5, 5.41) is 70.2. The van der Waals surface area contributed by atoms with Crippen LogP contribution in [0.15, 0.2) is 0 Å². The van der Waals surface area contributed by atoms with E-state index in [1.807, 2.05) is 0 Å². The molecule has 0 aromatic carbocycles. The Bertz CT molecular complexity index is 571. The van der Waals surface area contributed by atoms with Gasteiger partial charge in [0.25, 0.3) is 0 Å². The van der Waals surface area contributed by atoms with Crippen molar-refractivity contribution in [3.05, 3.63) is 0 Å². The Balaban J connectivity index is 1.45. The summed E-state index contributed by atoms with van der Waals surface area (Å²) in [5.74, 6) is 0.833. The van der Waals surface area contributed by atoms with Crippen LogP contribution in [0.25, 0.3) is 0 Å². The molecule has 0 aromatic heterocycles. The first-order valence-electron chi connectivity index (χ1n) is 12.6. The monoisotopic (exact) mass is 494 g/mol. The SMILES string of the molecule is OCC1OC(OC2C(CO)OC(OCCCCCC3CCCCC3)C(O)C2O)C(O)C(O)C1O. The van der Waals surface area contributed by atoms with E-state index in [1.165, 1.54) is 38.5 Å². The third kappa shape index (κ3) is 7.07. The summed E-state index contributed by atoms with van der Waals surface area (Å²) in [6.07, 6.45) is -3.49. The van der Waals surface area contributed by atoms with Gasteiger partial charge in [0.15, 0.2) is 12.6 Å². The zero-order chi connectivity index (χ0) is 24.7. The Kier molecular flexibility index (Phi) is 11.4. The molecule has 0 radical (unpaired) electrons. The van der Waals surface area contributed by atoms with Gasteiger partial charge in [-0.3, -0.25) is 0 Å². The molecule has 10 unspecified atom stereocenters. The quantitative estimate of drug-likeness (QED) is 0.171. The van der Waals surface area contributed by atoms with Gasteiger partial charge in [0.05, 0.1) is 13.2 Å². The van der Waals surface area contributed by atoms with Gasteiger partial charge in [-0.15, -0.1) is 0 Å². The largest absolute Gasteiger partial charge is 0.394 e. The smallest absolute Gasteiger partial charge is 0.187 e. The van der Waals surface area contributed by atoms with E-state index >= 15 is 0 Å². The summed E-state index contributed by atoms with van der Waals surface area (Å²) >= 11 is 0. The lowest BCUT2D eigenvalue weighted by atomic mass is 9.86. The summed E-state index contributed by atoms with van der Waals surface area (Å²) in [4.78, 5) is 0. The second-order valence-electron chi connectivity index (χ2n) is 9.73. The predicted molar refractivity (Wildman–Crippen MR) is 117 cm³/mol. The first kappa shape index (κ1) is 28.1. The first-order valence-corrected chi connectivity index (χ1v) is 12.6. The van der Waals surface area contributed by atoms with E-state index in [0.29, 0.717) is 6.61 Å². The minimum absolute atomic E-state index is 0.329. The standard InChI is InChI=1S/C23H42O11/c24-11-14-16(26)17(27)19(29)23(32-14)34-21-15(12-25)33-22(20(30)18(21)28)31-10-6-2-5-9-13-7-3-1-4-8-13/h13-30H,1-12H2. The van der Waals surface area contributed by atoms with Crippen LogP contribution in [0, 0.1) is 5.92 Å². The molecular formula is C23H42O11. The topological polar surface area (TPSA) is 179 Å². The minimum atomic E-state index is -1.69. The van der Waals surface area contributed by atoms with Crippen molar-refractivity contribution < 1.29 is 54.7 Å². The van der Waals surface area contributed by atoms with Crippen LogP contribution >= 0.6 is 0 Å². The van der Waals surface area contributed by atoms with E-state index in [4.69, 9.17) is 18.9 Å². The molecule has 3 rings (SSSR count). The van der Waals surface area contributed by atoms with Crippen molar-refractivity contribution in [2.24, 2.45) is 5.92 Å². The maximum atomic E-state index is 10.6. The molecule has 0 amide bonds. The van der Waals surface area contributed by atoms with Crippen molar-refractivity contribution in [2.75, 3.05) is 19.8 Å². The molecule has 10 atom stereocenters. The molecule has 2 saturated heterocycles. The van der Waals surface area contributed by atoms with Crippen molar-refractivity contribution in [3.63, 3.8) is 0 Å². The fourth-order valence-corrected chi connectivity index (χ4v) is 5.08. The molecule has 3 aliphatic rings. The zero-order valence-corrected chi connectivity index (χ0v) is 19.6. The Morgan fingerprint density at radius 2 is 1.29 bits per heavy atom. The Morgan fingerprint density at radius 1 is 0.647 bits per heavy atom. The molecule has 1 aliphatic carbocycles. The molecule has 200 valence electrons. The lowest BCUT2D eigenvalue weighted by Gasteiger charge is -2.45. The highest BCUT2D eigenvalue weighted by atomic mass is 16.7. The molecule has 0 spiro atoms. The van der Waals surface area contributed by atoms with Gasteiger partial charge in [-0.1, -0.05) is 51.4 Å². The Hall–Kier alpha value is -0.440. The van der Waals surface area contributed by atoms with Crippen molar-refractivity contribution in [2.45, 2.75) is 119 Å². The molecule has 2 heterocycles. The van der Waals surface area contributed by atoms with Crippen LogP contribution in [0.4, 0.5) is 0 Å². The molecule has 3 fully saturated rings. The van der Waals surface area contributed by atoms with Gasteiger partial charge >= 0.3 is 0 Å². The number of aliphatic hydroxyl groups is 7. The summed E-state index contributed by atoms with van der Waals surface area (Å²) in [7, 11) is 0. The van der Waals surface area contributed by atoms with Gasteiger partial charge < -0.3 is 54.7 Å². The van der Waals surface area contributed by atoms with E-state index in [2.05, 4.69) is 0 Å². The van der Waals surface area contributed by atoms with Crippen LogP contribution in [0.2, 0.25) is 0 Å². The lowest BCUT2D eigenvalue weighted by Crippen LogP contribution is -2.64. The molecule has 11 heteroatoms. The summed E-state index contributed by atoms with van der Waals surface area (Å²) < 4.78 is 22.1. The highest BCUT2D eigenvalue weighted by Gasteiger charge is 2.50. The van der Waals surface area contributed by atoms with Gasteiger partial charge in [-0.05, 0) is 12.3 Å². The molecule has 0 bridgehead atoms. The van der Waals surface area contributed by atoms with Crippen molar-refractivity contribution in [3.8, 4) is 0 Å². The molecule has 0 aromatic rings. The van der Waals surface area contributed by atoms with Crippen LogP contribution in [-0.2, 0) is 18.9 Å². The molecule has 1 saturated carbocycles. The predicted octanol–water partition coefficient (Wildman–Crippen LogP) is -1.23. The van der Waals surface area contributed by atoms with Crippen LogP contribution in [-0.4, -0.2) is 117 Å². The van der Waals surface area contributed by atoms with Gasteiger partial charge in [0.1, 0.15) is 48.8 Å².